The fourth-order valence-electron chi connectivity index (χ4n) is 2.35. The molecule has 18 heavy (non-hydrogen) atoms. The summed E-state index contributed by atoms with van der Waals surface area (Å²) in [6, 6.07) is 9.16. The molecule has 1 aromatic rings. The van der Waals surface area contributed by atoms with Crippen LogP contribution < -0.4 is 0 Å². The van der Waals surface area contributed by atoms with E-state index in [1.54, 1.807) is 12.1 Å². The number of carbonyl (C=O) groups is 1. The maximum atomic E-state index is 11.9. The number of hydrogen-bond acceptors (Lipinski definition) is 3. The quantitative estimate of drug-likeness (QED) is 0.768. The average Bonchev–Trinajstić information content (AvgIpc) is 2.42. The fraction of sp³-hybridized carbons (Fsp3) is 0.533. The second-order valence-electron chi connectivity index (χ2n) is 4.63. The zero-order valence-electron chi connectivity index (χ0n) is 10.8. The van der Waals surface area contributed by atoms with Crippen LogP contribution in [0.5, 0.6) is 0 Å². The molecule has 0 amide bonds. The molecule has 0 saturated heterocycles. The van der Waals surface area contributed by atoms with E-state index in [0.717, 1.165) is 32.3 Å². The Morgan fingerprint density at radius 3 is 2.33 bits per heavy atom. The number of ether oxygens (including phenoxy) is 2. The number of hydrogen-bond donors (Lipinski definition) is 0. The minimum Gasteiger partial charge on any atom is -0.459 e. The van der Waals surface area contributed by atoms with Gasteiger partial charge < -0.3 is 9.47 Å². The van der Waals surface area contributed by atoms with Crippen LogP contribution >= 0.6 is 0 Å². The van der Waals surface area contributed by atoms with Crippen molar-refractivity contribution < 1.29 is 14.3 Å². The molecule has 0 aliphatic heterocycles. The van der Waals surface area contributed by atoms with E-state index in [1.165, 1.54) is 0 Å². The van der Waals surface area contributed by atoms with Crippen LogP contribution in [-0.4, -0.2) is 24.8 Å². The molecule has 1 saturated carbocycles. The lowest BCUT2D eigenvalue weighted by molar-refractivity contribution is -0.0163. The van der Waals surface area contributed by atoms with Gasteiger partial charge in [0.05, 0.1) is 11.7 Å². The minimum atomic E-state index is -0.213. The summed E-state index contributed by atoms with van der Waals surface area (Å²) in [7, 11) is 0. The summed E-state index contributed by atoms with van der Waals surface area (Å²) in [6.07, 6.45) is 4.18. The van der Waals surface area contributed by atoms with E-state index in [0.29, 0.717) is 11.7 Å². The zero-order valence-corrected chi connectivity index (χ0v) is 10.8. The molecule has 0 atom stereocenters. The van der Waals surface area contributed by atoms with Crippen LogP contribution in [-0.2, 0) is 9.47 Å². The first-order valence-electron chi connectivity index (χ1n) is 6.67. The molecular formula is C15H20O3. The largest absolute Gasteiger partial charge is 0.459 e. The van der Waals surface area contributed by atoms with Crippen LogP contribution in [0.15, 0.2) is 30.3 Å². The molecule has 1 fully saturated rings. The highest BCUT2D eigenvalue weighted by atomic mass is 16.5. The molecule has 0 heterocycles. The van der Waals surface area contributed by atoms with Gasteiger partial charge in [-0.1, -0.05) is 18.2 Å². The number of rotatable bonds is 4. The lowest BCUT2D eigenvalue weighted by Gasteiger charge is -2.28. The standard InChI is InChI=1S/C15H20O3/c1-2-17-13-8-10-14(11-9-13)18-15(16)12-6-4-3-5-7-12/h3-7,13-14H,2,8-11H2,1H3. The molecule has 0 N–H and O–H groups in total. The maximum absolute atomic E-state index is 11.9. The van der Waals surface area contributed by atoms with Crippen LogP contribution in [0.25, 0.3) is 0 Å². The lowest BCUT2D eigenvalue weighted by atomic mass is 9.95. The molecule has 2 rings (SSSR count). The summed E-state index contributed by atoms with van der Waals surface area (Å²) >= 11 is 0. The van der Waals surface area contributed by atoms with Crippen molar-refractivity contribution >= 4 is 5.97 Å². The van der Waals surface area contributed by atoms with Gasteiger partial charge in [0.15, 0.2) is 0 Å². The van der Waals surface area contributed by atoms with E-state index in [-0.39, 0.29) is 12.1 Å². The predicted molar refractivity (Wildman–Crippen MR) is 69.5 cm³/mol. The second-order valence-corrected chi connectivity index (χ2v) is 4.63. The Morgan fingerprint density at radius 2 is 1.72 bits per heavy atom. The minimum absolute atomic E-state index is 0.0504. The highest BCUT2D eigenvalue weighted by molar-refractivity contribution is 5.89. The monoisotopic (exact) mass is 248 g/mol. The van der Waals surface area contributed by atoms with Crippen molar-refractivity contribution in [1.82, 2.24) is 0 Å². The average molecular weight is 248 g/mol. The molecule has 0 spiro atoms. The Hall–Kier alpha value is -1.35. The van der Waals surface area contributed by atoms with Crippen LogP contribution in [0.2, 0.25) is 0 Å². The Morgan fingerprint density at radius 1 is 1.11 bits per heavy atom. The first kappa shape index (κ1) is 13.1. The molecule has 3 nitrogen and oxygen atoms in total. The topological polar surface area (TPSA) is 35.5 Å². The van der Waals surface area contributed by atoms with Crippen molar-refractivity contribution in [2.45, 2.75) is 44.8 Å². The third kappa shape index (κ3) is 3.57. The summed E-state index contributed by atoms with van der Waals surface area (Å²) in [5, 5.41) is 0. The van der Waals surface area contributed by atoms with Gasteiger partial charge in [0.2, 0.25) is 0 Å². The van der Waals surface area contributed by atoms with Gasteiger partial charge in [-0.25, -0.2) is 4.79 Å². The van der Waals surface area contributed by atoms with Crippen LogP contribution in [0, 0.1) is 0 Å². The molecule has 1 aromatic carbocycles. The normalized spacial score (nSPS) is 23.6. The zero-order chi connectivity index (χ0) is 12.8. The number of esters is 1. The summed E-state index contributed by atoms with van der Waals surface area (Å²) in [5.41, 5.74) is 0.629. The van der Waals surface area contributed by atoms with Crippen LogP contribution in [0.4, 0.5) is 0 Å². The van der Waals surface area contributed by atoms with Gasteiger partial charge >= 0.3 is 5.97 Å². The third-order valence-corrected chi connectivity index (χ3v) is 3.31. The van der Waals surface area contributed by atoms with E-state index in [9.17, 15) is 4.79 Å². The van der Waals surface area contributed by atoms with Gasteiger partial charge in [-0.15, -0.1) is 0 Å². The molecule has 0 bridgehead atoms. The lowest BCUT2D eigenvalue weighted by Crippen LogP contribution is -2.28. The predicted octanol–water partition coefficient (Wildman–Crippen LogP) is 3.19. The summed E-state index contributed by atoms with van der Waals surface area (Å²) < 4.78 is 11.1. The van der Waals surface area contributed by atoms with Gasteiger partial charge in [0.1, 0.15) is 6.10 Å². The van der Waals surface area contributed by atoms with Crippen LogP contribution in [0.3, 0.4) is 0 Å². The van der Waals surface area contributed by atoms with E-state index in [2.05, 4.69) is 0 Å². The summed E-state index contributed by atoms with van der Waals surface area (Å²) in [4.78, 5) is 11.9. The van der Waals surface area contributed by atoms with Crippen LogP contribution in [0.1, 0.15) is 43.0 Å². The van der Waals surface area contributed by atoms with Crippen molar-refractivity contribution in [1.29, 1.82) is 0 Å². The fourth-order valence-corrected chi connectivity index (χ4v) is 2.35. The first-order chi connectivity index (χ1) is 8.79. The molecule has 98 valence electrons. The molecular weight excluding hydrogens is 228 g/mol. The number of benzene rings is 1. The Bertz CT molecular complexity index is 367. The Kier molecular flexibility index (Phi) is 4.76. The highest BCUT2D eigenvalue weighted by Gasteiger charge is 2.24. The molecule has 0 aromatic heterocycles. The molecule has 0 unspecified atom stereocenters. The van der Waals surface area contributed by atoms with Crippen molar-refractivity contribution in [3.05, 3.63) is 35.9 Å². The molecule has 1 aliphatic rings. The van der Waals surface area contributed by atoms with Crippen molar-refractivity contribution in [3.63, 3.8) is 0 Å². The second kappa shape index (κ2) is 6.55. The van der Waals surface area contributed by atoms with Gasteiger partial charge in [0.25, 0.3) is 0 Å². The SMILES string of the molecule is CCOC1CCC(OC(=O)c2ccccc2)CC1. The molecule has 1 aliphatic carbocycles. The van der Waals surface area contributed by atoms with Gasteiger partial charge in [0, 0.05) is 6.61 Å². The summed E-state index contributed by atoms with van der Waals surface area (Å²) in [5.74, 6) is -0.213. The highest BCUT2D eigenvalue weighted by Crippen LogP contribution is 2.24. The smallest absolute Gasteiger partial charge is 0.338 e. The Labute approximate surface area is 108 Å². The van der Waals surface area contributed by atoms with Gasteiger partial charge in [-0.05, 0) is 44.7 Å². The third-order valence-electron chi connectivity index (χ3n) is 3.31. The molecule has 3 heteroatoms. The number of carbonyl (C=O) groups excluding carboxylic acids is 1. The van der Waals surface area contributed by atoms with Crippen molar-refractivity contribution in [2.24, 2.45) is 0 Å². The van der Waals surface area contributed by atoms with E-state index in [4.69, 9.17) is 9.47 Å². The van der Waals surface area contributed by atoms with E-state index in [1.807, 2.05) is 25.1 Å². The van der Waals surface area contributed by atoms with Gasteiger partial charge in [-0.2, -0.15) is 0 Å². The Balaban J connectivity index is 1.80. The van der Waals surface area contributed by atoms with Crippen molar-refractivity contribution in [3.8, 4) is 0 Å². The van der Waals surface area contributed by atoms with Gasteiger partial charge in [-0.3, -0.25) is 0 Å². The molecule has 0 radical (unpaired) electrons. The van der Waals surface area contributed by atoms with E-state index < -0.39 is 0 Å². The van der Waals surface area contributed by atoms with E-state index >= 15 is 0 Å². The van der Waals surface area contributed by atoms with Crippen molar-refractivity contribution in [2.75, 3.05) is 6.61 Å². The maximum Gasteiger partial charge on any atom is 0.338 e. The summed E-state index contributed by atoms with van der Waals surface area (Å²) in [6.45, 7) is 2.78. The first-order valence-corrected chi connectivity index (χ1v) is 6.67.